The standard InChI is InChI=1S/C17H19ClN2O2/c1-2-13-7-3-6-10-16(13)22-12-11-19-17(21)20-15-9-5-4-8-14(15)18/h3-10H,2,11-12H2,1H3,(H2,19,20,21). The second kappa shape index (κ2) is 8.29. The molecule has 0 unspecified atom stereocenters. The van der Waals surface area contributed by atoms with Gasteiger partial charge in [0.1, 0.15) is 12.4 Å². The number of hydrogen-bond acceptors (Lipinski definition) is 2. The van der Waals surface area contributed by atoms with Crippen molar-refractivity contribution < 1.29 is 9.53 Å². The van der Waals surface area contributed by atoms with Crippen molar-refractivity contribution in [2.24, 2.45) is 0 Å². The van der Waals surface area contributed by atoms with Crippen LogP contribution in [0.3, 0.4) is 0 Å². The van der Waals surface area contributed by atoms with Crippen molar-refractivity contribution in [3.8, 4) is 5.75 Å². The summed E-state index contributed by atoms with van der Waals surface area (Å²) in [6.45, 7) is 2.90. The van der Waals surface area contributed by atoms with E-state index in [-0.39, 0.29) is 6.03 Å². The van der Waals surface area contributed by atoms with Crippen molar-refractivity contribution in [2.45, 2.75) is 13.3 Å². The van der Waals surface area contributed by atoms with Gasteiger partial charge in [-0.05, 0) is 30.2 Å². The zero-order valence-corrected chi connectivity index (χ0v) is 13.2. The van der Waals surface area contributed by atoms with Crippen LogP contribution in [0.4, 0.5) is 10.5 Å². The summed E-state index contributed by atoms with van der Waals surface area (Å²) >= 11 is 5.98. The Labute approximate surface area is 135 Å². The van der Waals surface area contributed by atoms with Gasteiger partial charge in [0.15, 0.2) is 0 Å². The summed E-state index contributed by atoms with van der Waals surface area (Å²) in [5, 5.41) is 5.93. The quantitative estimate of drug-likeness (QED) is 0.788. The van der Waals surface area contributed by atoms with E-state index in [2.05, 4.69) is 17.6 Å². The van der Waals surface area contributed by atoms with E-state index in [0.717, 1.165) is 17.7 Å². The lowest BCUT2D eigenvalue weighted by molar-refractivity contribution is 0.247. The highest BCUT2D eigenvalue weighted by Gasteiger charge is 2.05. The smallest absolute Gasteiger partial charge is 0.319 e. The third-order valence-corrected chi connectivity index (χ3v) is 3.45. The molecule has 2 aromatic carbocycles. The van der Waals surface area contributed by atoms with Crippen molar-refractivity contribution in [1.82, 2.24) is 5.32 Å². The Bertz CT molecular complexity index is 632. The van der Waals surface area contributed by atoms with Gasteiger partial charge in [-0.25, -0.2) is 4.79 Å². The lowest BCUT2D eigenvalue weighted by Crippen LogP contribution is -2.32. The molecular weight excluding hydrogens is 300 g/mol. The van der Waals surface area contributed by atoms with Crippen LogP contribution >= 0.6 is 11.6 Å². The van der Waals surface area contributed by atoms with Crippen LogP contribution in [0.1, 0.15) is 12.5 Å². The van der Waals surface area contributed by atoms with Gasteiger partial charge in [0.05, 0.1) is 17.3 Å². The predicted octanol–water partition coefficient (Wildman–Crippen LogP) is 4.10. The zero-order chi connectivity index (χ0) is 15.8. The average molecular weight is 319 g/mol. The molecule has 22 heavy (non-hydrogen) atoms. The number of nitrogens with one attached hydrogen (secondary N) is 2. The highest BCUT2D eigenvalue weighted by atomic mass is 35.5. The molecule has 0 aliphatic heterocycles. The van der Waals surface area contributed by atoms with Gasteiger partial charge >= 0.3 is 6.03 Å². The van der Waals surface area contributed by atoms with Crippen molar-refractivity contribution in [3.63, 3.8) is 0 Å². The first kappa shape index (κ1) is 16.2. The van der Waals surface area contributed by atoms with E-state index in [9.17, 15) is 4.79 Å². The molecule has 0 radical (unpaired) electrons. The van der Waals surface area contributed by atoms with Crippen molar-refractivity contribution in [1.29, 1.82) is 0 Å². The number of para-hydroxylation sites is 2. The molecule has 0 heterocycles. The van der Waals surface area contributed by atoms with Crippen LogP contribution < -0.4 is 15.4 Å². The number of hydrogen-bond donors (Lipinski definition) is 2. The number of amides is 2. The largest absolute Gasteiger partial charge is 0.491 e. The molecule has 0 saturated carbocycles. The third kappa shape index (κ3) is 4.67. The van der Waals surface area contributed by atoms with Crippen LogP contribution in [0.5, 0.6) is 5.75 Å². The number of aryl methyl sites for hydroxylation is 1. The van der Waals surface area contributed by atoms with E-state index in [0.29, 0.717) is 23.9 Å². The second-order valence-electron chi connectivity index (χ2n) is 4.67. The first-order chi connectivity index (χ1) is 10.7. The van der Waals surface area contributed by atoms with Gasteiger partial charge in [0.2, 0.25) is 0 Å². The summed E-state index contributed by atoms with van der Waals surface area (Å²) in [4.78, 5) is 11.8. The van der Waals surface area contributed by atoms with Gasteiger partial charge in [0, 0.05) is 0 Å². The molecule has 0 aromatic heterocycles. The van der Waals surface area contributed by atoms with E-state index >= 15 is 0 Å². The van der Waals surface area contributed by atoms with Crippen LogP contribution in [0.15, 0.2) is 48.5 Å². The molecule has 0 aliphatic rings. The monoisotopic (exact) mass is 318 g/mol. The van der Waals surface area contributed by atoms with E-state index in [4.69, 9.17) is 16.3 Å². The van der Waals surface area contributed by atoms with Crippen LogP contribution in [0, 0.1) is 0 Å². The topological polar surface area (TPSA) is 50.4 Å². The molecule has 2 N–H and O–H groups in total. The predicted molar refractivity (Wildman–Crippen MR) is 89.8 cm³/mol. The summed E-state index contributed by atoms with van der Waals surface area (Å²) in [6, 6.07) is 14.7. The number of urea groups is 1. The fraction of sp³-hybridized carbons (Fsp3) is 0.235. The zero-order valence-electron chi connectivity index (χ0n) is 12.4. The molecule has 2 aromatic rings. The number of carbonyl (C=O) groups is 1. The molecule has 0 bridgehead atoms. The van der Waals surface area contributed by atoms with E-state index in [1.807, 2.05) is 36.4 Å². The van der Waals surface area contributed by atoms with Crippen molar-refractivity contribution in [2.75, 3.05) is 18.5 Å². The Morgan fingerprint density at radius 2 is 1.86 bits per heavy atom. The number of carbonyl (C=O) groups excluding carboxylic acids is 1. The minimum atomic E-state index is -0.305. The van der Waals surface area contributed by atoms with Gasteiger partial charge in [-0.15, -0.1) is 0 Å². The Hall–Kier alpha value is -2.20. The number of benzene rings is 2. The minimum absolute atomic E-state index is 0.305. The fourth-order valence-corrected chi connectivity index (χ4v) is 2.17. The van der Waals surface area contributed by atoms with Crippen LogP contribution in [-0.4, -0.2) is 19.2 Å². The summed E-state index contributed by atoms with van der Waals surface area (Å²) in [6.07, 6.45) is 0.913. The maximum absolute atomic E-state index is 11.8. The fourth-order valence-electron chi connectivity index (χ4n) is 1.99. The summed E-state index contributed by atoms with van der Waals surface area (Å²) in [5.41, 5.74) is 1.74. The molecule has 4 nitrogen and oxygen atoms in total. The Kier molecular flexibility index (Phi) is 6.10. The SMILES string of the molecule is CCc1ccccc1OCCNC(=O)Nc1ccccc1Cl. The maximum atomic E-state index is 11.8. The molecule has 2 rings (SSSR count). The van der Waals surface area contributed by atoms with Crippen LogP contribution in [-0.2, 0) is 6.42 Å². The first-order valence-corrected chi connectivity index (χ1v) is 7.58. The van der Waals surface area contributed by atoms with Gasteiger partial charge in [0.25, 0.3) is 0 Å². The number of ether oxygens (including phenoxy) is 1. The van der Waals surface area contributed by atoms with E-state index < -0.39 is 0 Å². The van der Waals surface area contributed by atoms with E-state index in [1.54, 1.807) is 12.1 Å². The molecule has 5 heteroatoms. The number of rotatable bonds is 6. The average Bonchev–Trinajstić information content (AvgIpc) is 2.54. The van der Waals surface area contributed by atoms with Gasteiger partial charge in [-0.3, -0.25) is 0 Å². The van der Waals surface area contributed by atoms with Crippen molar-refractivity contribution >= 4 is 23.3 Å². The minimum Gasteiger partial charge on any atom is -0.491 e. The van der Waals surface area contributed by atoms with Gasteiger partial charge < -0.3 is 15.4 Å². The highest BCUT2D eigenvalue weighted by Crippen LogP contribution is 2.20. The molecular formula is C17H19ClN2O2. The van der Waals surface area contributed by atoms with Gasteiger partial charge in [-0.2, -0.15) is 0 Å². The lowest BCUT2D eigenvalue weighted by Gasteiger charge is -2.11. The number of halogens is 1. The molecule has 0 aliphatic carbocycles. The maximum Gasteiger partial charge on any atom is 0.319 e. The summed E-state index contributed by atoms with van der Waals surface area (Å²) in [5.74, 6) is 0.860. The van der Waals surface area contributed by atoms with Gasteiger partial charge in [-0.1, -0.05) is 48.9 Å². The molecule has 0 saturated heterocycles. The molecule has 0 fully saturated rings. The Morgan fingerprint density at radius 1 is 1.14 bits per heavy atom. The normalized spacial score (nSPS) is 10.1. The summed E-state index contributed by atoms with van der Waals surface area (Å²) in [7, 11) is 0. The van der Waals surface area contributed by atoms with E-state index in [1.165, 1.54) is 0 Å². The van der Waals surface area contributed by atoms with Crippen LogP contribution in [0.2, 0.25) is 5.02 Å². The Morgan fingerprint density at radius 3 is 2.64 bits per heavy atom. The number of anilines is 1. The van der Waals surface area contributed by atoms with Crippen molar-refractivity contribution in [3.05, 3.63) is 59.1 Å². The third-order valence-electron chi connectivity index (χ3n) is 3.12. The highest BCUT2D eigenvalue weighted by molar-refractivity contribution is 6.33. The Balaban J connectivity index is 1.75. The second-order valence-corrected chi connectivity index (χ2v) is 5.08. The first-order valence-electron chi connectivity index (χ1n) is 7.20. The molecule has 0 atom stereocenters. The molecule has 0 spiro atoms. The lowest BCUT2D eigenvalue weighted by atomic mass is 10.1. The van der Waals surface area contributed by atoms with Crippen LogP contribution in [0.25, 0.3) is 0 Å². The molecule has 116 valence electrons. The summed E-state index contributed by atoms with van der Waals surface area (Å²) < 4.78 is 5.68. The molecule has 2 amide bonds.